The lowest BCUT2D eigenvalue weighted by Crippen LogP contribution is -2.31. The SMILES string of the molecule is CO/C(CC/C=C(\C)CCC=C(C)C)=C(/C)C(=O)NN. The summed E-state index contributed by atoms with van der Waals surface area (Å²) in [6.07, 6.45) is 8.15. The van der Waals surface area contributed by atoms with Crippen LogP contribution in [0.2, 0.25) is 0 Å². The van der Waals surface area contributed by atoms with Gasteiger partial charge in [0.25, 0.3) is 5.91 Å². The van der Waals surface area contributed by atoms with Crippen LogP contribution < -0.4 is 11.3 Å². The van der Waals surface area contributed by atoms with Crippen LogP contribution in [-0.2, 0) is 9.53 Å². The highest BCUT2D eigenvalue weighted by molar-refractivity contribution is 5.92. The molecule has 0 aromatic heterocycles. The molecule has 0 unspecified atom stereocenters. The normalized spacial score (nSPS) is 12.6. The van der Waals surface area contributed by atoms with Crippen molar-refractivity contribution in [2.24, 2.45) is 5.84 Å². The Kier molecular flexibility index (Phi) is 9.47. The second-order valence-corrected chi connectivity index (χ2v) is 5.14. The fourth-order valence-corrected chi connectivity index (χ4v) is 1.82. The summed E-state index contributed by atoms with van der Waals surface area (Å²) in [4.78, 5) is 11.4. The second-order valence-electron chi connectivity index (χ2n) is 5.14. The average Bonchev–Trinajstić information content (AvgIpc) is 2.41. The summed E-state index contributed by atoms with van der Waals surface area (Å²) in [6.45, 7) is 8.07. The number of amides is 1. The molecule has 114 valence electrons. The first kappa shape index (κ1) is 18.4. The quantitative estimate of drug-likeness (QED) is 0.179. The van der Waals surface area contributed by atoms with Gasteiger partial charge in [-0.3, -0.25) is 10.2 Å². The van der Waals surface area contributed by atoms with E-state index in [0.29, 0.717) is 17.8 Å². The van der Waals surface area contributed by atoms with Crippen LogP contribution in [0, 0.1) is 0 Å². The minimum absolute atomic E-state index is 0.300. The van der Waals surface area contributed by atoms with Gasteiger partial charge in [-0.1, -0.05) is 23.3 Å². The fourth-order valence-electron chi connectivity index (χ4n) is 1.82. The maximum absolute atomic E-state index is 11.4. The molecule has 4 nitrogen and oxygen atoms in total. The molecule has 0 aliphatic heterocycles. The number of allylic oxidation sites excluding steroid dienone is 5. The second kappa shape index (κ2) is 10.3. The maximum atomic E-state index is 11.4. The highest BCUT2D eigenvalue weighted by Gasteiger charge is 2.09. The molecule has 0 radical (unpaired) electrons. The van der Waals surface area contributed by atoms with E-state index >= 15 is 0 Å². The van der Waals surface area contributed by atoms with Gasteiger partial charge in [-0.25, -0.2) is 5.84 Å². The summed E-state index contributed by atoms with van der Waals surface area (Å²) < 4.78 is 5.25. The molecule has 0 bridgehead atoms. The van der Waals surface area contributed by atoms with Gasteiger partial charge in [-0.05, 0) is 47.0 Å². The number of nitrogens with one attached hydrogen (secondary N) is 1. The van der Waals surface area contributed by atoms with E-state index in [2.05, 4.69) is 38.3 Å². The highest BCUT2D eigenvalue weighted by atomic mass is 16.5. The molecule has 0 aliphatic carbocycles. The number of hydrogen-bond acceptors (Lipinski definition) is 3. The zero-order chi connectivity index (χ0) is 15.5. The van der Waals surface area contributed by atoms with E-state index in [4.69, 9.17) is 10.6 Å². The van der Waals surface area contributed by atoms with E-state index in [1.165, 1.54) is 11.1 Å². The molecule has 1 amide bonds. The summed E-state index contributed by atoms with van der Waals surface area (Å²) in [5.41, 5.74) is 5.36. The van der Waals surface area contributed by atoms with E-state index < -0.39 is 0 Å². The topological polar surface area (TPSA) is 64.3 Å². The molecule has 0 heterocycles. The van der Waals surface area contributed by atoms with Gasteiger partial charge in [-0.2, -0.15) is 0 Å². The van der Waals surface area contributed by atoms with Crippen molar-refractivity contribution >= 4 is 5.91 Å². The highest BCUT2D eigenvalue weighted by Crippen LogP contribution is 2.15. The summed E-state index contributed by atoms with van der Waals surface area (Å²) in [5, 5.41) is 0. The Morgan fingerprint density at radius 3 is 2.20 bits per heavy atom. The van der Waals surface area contributed by atoms with Crippen LogP contribution in [0.3, 0.4) is 0 Å². The van der Waals surface area contributed by atoms with Crippen LogP contribution in [0.15, 0.2) is 34.6 Å². The van der Waals surface area contributed by atoms with Gasteiger partial charge >= 0.3 is 0 Å². The van der Waals surface area contributed by atoms with Crippen LogP contribution in [0.5, 0.6) is 0 Å². The van der Waals surface area contributed by atoms with Crippen LogP contribution in [0.4, 0.5) is 0 Å². The zero-order valence-corrected chi connectivity index (χ0v) is 13.4. The molecular formula is C16H28N2O2. The maximum Gasteiger partial charge on any atom is 0.264 e. The Hall–Kier alpha value is -1.55. The number of methoxy groups -OCH3 is 1. The zero-order valence-electron chi connectivity index (χ0n) is 13.4. The predicted molar refractivity (Wildman–Crippen MR) is 83.7 cm³/mol. The lowest BCUT2D eigenvalue weighted by Gasteiger charge is -2.09. The number of ether oxygens (including phenoxy) is 1. The fraction of sp³-hybridized carbons (Fsp3) is 0.562. The van der Waals surface area contributed by atoms with Gasteiger partial charge in [0.2, 0.25) is 0 Å². The molecule has 0 saturated heterocycles. The first-order chi connectivity index (χ1) is 9.42. The van der Waals surface area contributed by atoms with Crippen molar-refractivity contribution in [3.8, 4) is 0 Å². The van der Waals surface area contributed by atoms with Crippen LogP contribution in [0.1, 0.15) is 53.4 Å². The van der Waals surface area contributed by atoms with Crippen LogP contribution in [-0.4, -0.2) is 13.0 Å². The van der Waals surface area contributed by atoms with E-state index in [0.717, 1.165) is 19.3 Å². The Labute approximate surface area is 122 Å². The number of hydrogen-bond donors (Lipinski definition) is 2. The molecule has 20 heavy (non-hydrogen) atoms. The average molecular weight is 280 g/mol. The third kappa shape index (κ3) is 7.79. The summed E-state index contributed by atoms with van der Waals surface area (Å²) >= 11 is 0. The van der Waals surface area contributed by atoms with Crippen LogP contribution in [0.25, 0.3) is 0 Å². The van der Waals surface area contributed by atoms with Crippen molar-refractivity contribution in [3.05, 3.63) is 34.6 Å². The van der Waals surface area contributed by atoms with Gasteiger partial charge in [-0.15, -0.1) is 0 Å². The minimum Gasteiger partial charge on any atom is -0.501 e. The summed E-state index contributed by atoms with van der Waals surface area (Å²) in [6, 6.07) is 0. The molecule has 0 aromatic carbocycles. The summed E-state index contributed by atoms with van der Waals surface area (Å²) in [5.74, 6) is 5.50. The van der Waals surface area contributed by atoms with Gasteiger partial charge in [0.05, 0.1) is 12.7 Å². The van der Waals surface area contributed by atoms with Gasteiger partial charge in [0, 0.05) is 6.42 Å². The first-order valence-corrected chi connectivity index (χ1v) is 6.96. The van der Waals surface area contributed by atoms with Gasteiger partial charge < -0.3 is 4.74 Å². The van der Waals surface area contributed by atoms with Gasteiger partial charge in [0.1, 0.15) is 5.76 Å². The van der Waals surface area contributed by atoms with E-state index in [-0.39, 0.29) is 5.91 Å². The number of nitrogens with two attached hydrogens (primary N) is 1. The van der Waals surface area contributed by atoms with Crippen molar-refractivity contribution in [2.75, 3.05) is 7.11 Å². The molecule has 0 rings (SSSR count). The molecule has 3 N–H and O–H groups in total. The third-order valence-corrected chi connectivity index (χ3v) is 3.09. The Morgan fingerprint density at radius 2 is 1.70 bits per heavy atom. The van der Waals surface area contributed by atoms with Crippen molar-refractivity contribution in [1.29, 1.82) is 0 Å². The number of carbonyl (C=O) groups excluding carboxylic acids is 1. The standard InChI is InChI=1S/C16H28N2O2/c1-12(2)8-6-9-13(3)10-7-11-15(20-5)14(4)16(19)18-17/h8,10H,6-7,9,11,17H2,1-5H3,(H,18,19)/b13-10+,15-14-. The smallest absolute Gasteiger partial charge is 0.264 e. The monoisotopic (exact) mass is 280 g/mol. The first-order valence-electron chi connectivity index (χ1n) is 6.96. The Balaban J connectivity index is 4.38. The third-order valence-electron chi connectivity index (χ3n) is 3.09. The predicted octanol–water partition coefficient (Wildman–Crippen LogP) is 3.37. The van der Waals surface area contributed by atoms with E-state index in [9.17, 15) is 4.79 Å². The Bertz CT molecular complexity index is 403. The van der Waals surface area contributed by atoms with Crippen molar-refractivity contribution in [3.63, 3.8) is 0 Å². The molecule has 0 saturated carbocycles. The van der Waals surface area contributed by atoms with E-state index in [1.54, 1.807) is 14.0 Å². The minimum atomic E-state index is -0.300. The Morgan fingerprint density at radius 1 is 1.10 bits per heavy atom. The van der Waals surface area contributed by atoms with Crippen LogP contribution >= 0.6 is 0 Å². The molecular weight excluding hydrogens is 252 g/mol. The molecule has 0 aromatic rings. The lowest BCUT2D eigenvalue weighted by atomic mass is 10.1. The molecule has 4 heteroatoms. The van der Waals surface area contributed by atoms with Gasteiger partial charge in [0.15, 0.2) is 0 Å². The molecule has 0 aliphatic rings. The van der Waals surface area contributed by atoms with Crippen molar-refractivity contribution in [1.82, 2.24) is 5.43 Å². The van der Waals surface area contributed by atoms with E-state index in [1.807, 2.05) is 0 Å². The van der Waals surface area contributed by atoms with Crippen molar-refractivity contribution in [2.45, 2.75) is 53.4 Å². The number of carbonyl (C=O) groups is 1. The lowest BCUT2D eigenvalue weighted by molar-refractivity contribution is -0.117. The molecule has 0 fully saturated rings. The number of rotatable bonds is 8. The number of hydrazine groups is 1. The largest absolute Gasteiger partial charge is 0.501 e. The van der Waals surface area contributed by atoms with Crippen molar-refractivity contribution < 1.29 is 9.53 Å². The summed E-state index contributed by atoms with van der Waals surface area (Å²) in [7, 11) is 1.58. The molecule has 0 atom stereocenters. The molecule has 0 spiro atoms.